The molecule has 0 aromatic heterocycles. The molecule has 6 heavy (non-hydrogen) atoms. The molecule has 0 bridgehead atoms. The maximum absolute atomic E-state index is 2.40. The van der Waals surface area contributed by atoms with Crippen LogP contribution in [0.3, 0.4) is 0 Å². The number of rotatable bonds is 1. The molecule has 0 spiro atoms. The minimum atomic E-state index is 0.991. The van der Waals surface area contributed by atoms with Gasteiger partial charge in [0.05, 0.1) is 0 Å². The molecular weight excluding hydrogens is 72.1 g/mol. The fourth-order valence-corrected chi connectivity index (χ4v) is 0.773. The standard InChI is InChI=1S/C6H11/c1-2-6-4-3-5-6/h4,6H,2-3,5H2,1H3. The Labute approximate surface area is 39.6 Å². The van der Waals surface area contributed by atoms with Crippen LogP contribution in [-0.4, -0.2) is 0 Å². The molecule has 1 unspecified atom stereocenters. The zero-order chi connectivity index (χ0) is 4.41. The van der Waals surface area contributed by atoms with E-state index >= 15 is 0 Å². The summed E-state index contributed by atoms with van der Waals surface area (Å²) in [6.07, 6.45) is 6.59. The summed E-state index contributed by atoms with van der Waals surface area (Å²) >= 11 is 0. The summed E-state index contributed by atoms with van der Waals surface area (Å²) in [6, 6.07) is 0. The molecule has 0 N–H and O–H groups in total. The molecule has 0 heteroatoms. The summed E-state index contributed by atoms with van der Waals surface area (Å²) in [4.78, 5) is 0. The van der Waals surface area contributed by atoms with Crippen molar-refractivity contribution in [2.75, 3.05) is 0 Å². The molecule has 1 aliphatic rings. The van der Waals surface area contributed by atoms with Crippen molar-refractivity contribution < 1.29 is 0 Å². The van der Waals surface area contributed by atoms with Gasteiger partial charge in [-0.05, 0) is 25.2 Å². The van der Waals surface area contributed by atoms with Crippen molar-refractivity contribution in [3.8, 4) is 0 Å². The van der Waals surface area contributed by atoms with E-state index in [9.17, 15) is 0 Å². The fourth-order valence-electron chi connectivity index (χ4n) is 0.773. The summed E-state index contributed by atoms with van der Waals surface area (Å²) < 4.78 is 0. The molecule has 0 aromatic rings. The van der Waals surface area contributed by atoms with Gasteiger partial charge in [-0.1, -0.05) is 13.3 Å². The van der Waals surface area contributed by atoms with Gasteiger partial charge >= 0.3 is 0 Å². The fraction of sp³-hybridized carbons (Fsp3) is 0.833. The molecule has 0 nitrogen and oxygen atoms in total. The Bertz CT molecular complexity index is 32.5. The molecule has 35 valence electrons. The highest BCUT2D eigenvalue weighted by Gasteiger charge is 2.13. The largest absolute Gasteiger partial charge is 0.0651 e. The summed E-state index contributed by atoms with van der Waals surface area (Å²) in [7, 11) is 0. The van der Waals surface area contributed by atoms with Crippen LogP contribution >= 0.6 is 0 Å². The van der Waals surface area contributed by atoms with Gasteiger partial charge in [0, 0.05) is 0 Å². The maximum atomic E-state index is 2.40. The third kappa shape index (κ3) is 0.562. The van der Waals surface area contributed by atoms with Gasteiger partial charge in [-0.15, -0.1) is 0 Å². The van der Waals surface area contributed by atoms with Crippen LogP contribution in [0.5, 0.6) is 0 Å². The molecule has 1 fully saturated rings. The smallest absolute Gasteiger partial charge is 0.0355 e. The van der Waals surface area contributed by atoms with E-state index < -0.39 is 0 Å². The second kappa shape index (κ2) is 1.63. The Hall–Kier alpha value is 0. The average molecular weight is 83.2 g/mol. The Morgan fingerprint density at radius 2 is 2.50 bits per heavy atom. The van der Waals surface area contributed by atoms with Crippen LogP contribution in [0.1, 0.15) is 26.2 Å². The number of hydrogen-bond donors (Lipinski definition) is 0. The van der Waals surface area contributed by atoms with Crippen molar-refractivity contribution in [3.63, 3.8) is 0 Å². The normalized spacial score (nSPS) is 23.5. The monoisotopic (exact) mass is 83.1 g/mol. The first-order chi connectivity index (χ1) is 2.93. The molecule has 0 amide bonds. The first-order valence-electron chi connectivity index (χ1n) is 2.77. The van der Waals surface area contributed by atoms with Crippen molar-refractivity contribution in [1.82, 2.24) is 0 Å². The lowest BCUT2D eigenvalue weighted by atomic mass is 9.84. The van der Waals surface area contributed by atoms with E-state index in [-0.39, 0.29) is 0 Å². The van der Waals surface area contributed by atoms with Crippen LogP contribution in [0.25, 0.3) is 0 Å². The predicted molar refractivity (Wildman–Crippen MR) is 27.3 cm³/mol. The summed E-state index contributed by atoms with van der Waals surface area (Å²) in [5.41, 5.74) is 0. The Balaban J connectivity index is 2.01. The van der Waals surface area contributed by atoms with Crippen molar-refractivity contribution in [2.24, 2.45) is 5.92 Å². The summed E-state index contributed by atoms with van der Waals surface area (Å²) in [5.74, 6) is 0.991. The Kier molecular flexibility index (Phi) is 1.13. The average Bonchev–Trinajstić information content (AvgIpc) is 1.31. The highest BCUT2D eigenvalue weighted by molar-refractivity contribution is 4.85. The van der Waals surface area contributed by atoms with Gasteiger partial charge in [-0.25, -0.2) is 0 Å². The lowest BCUT2D eigenvalue weighted by Crippen LogP contribution is -2.09. The van der Waals surface area contributed by atoms with E-state index in [1.54, 1.807) is 0 Å². The minimum absolute atomic E-state index is 0.991. The van der Waals surface area contributed by atoms with E-state index in [2.05, 4.69) is 13.3 Å². The topological polar surface area (TPSA) is 0 Å². The van der Waals surface area contributed by atoms with Gasteiger partial charge in [0.15, 0.2) is 0 Å². The van der Waals surface area contributed by atoms with Crippen LogP contribution < -0.4 is 0 Å². The van der Waals surface area contributed by atoms with E-state index in [1.165, 1.54) is 19.3 Å². The Morgan fingerprint density at radius 1 is 1.83 bits per heavy atom. The van der Waals surface area contributed by atoms with E-state index in [0.29, 0.717) is 0 Å². The molecule has 1 radical (unpaired) electrons. The molecule has 1 atom stereocenters. The highest BCUT2D eigenvalue weighted by atomic mass is 14.2. The van der Waals surface area contributed by atoms with Gasteiger partial charge < -0.3 is 0 Å². The zero-order valence-corrected chi connectivity index (χ0v) is 4.28. The molecule has 0 heterocycles. The van der Waals surface area contributed by atoms with Crippen LogP contribution in [0, 0.1) is 12.3 Å². The van der Waals surface area contributed by atoms with Gasteiger partial charge in [0.2, 0.25) is 0 Å². The zero-order valence-electron chi connectivity index (χ0n) is 4.28. The highest BCUT2D eigenvalue weighted by Crippen LogP contribution is 2.27. The van der Waals surface area contributed by atoms with Crippen LogP contribution in [-0.2, 0) is 0 Å². The SMILES string of the molecule is CCC1[CH]CC1. The van der Waals surface area contributed by atoms with Crippen LogP contribution in [0.2, 0.25) is 0 Å². The van der Waals surface area contributed by atoms with E-state index in [4.69, 9.17) is 0 Å². The third-order valence-corrected chi connectivity index (χ3v) is 1.56. The van der Waals surface area contributed by atoms with Crippen molar-refractivity contribution in [3.05, 3.63) is 6.42 Å². The first kappa shape index (κ1) is 4.17. The van der Waals surface area contributed by atoms with Gasteiger partial charge in [-0.2, -0.15) is 0 Å². The van der Waals surface area contributed by atoms with Gasteiger partial charge in [0.1, 0.15) is 0 Å². The lowest BCUT2D eigenvalue weighted by molar-refractivity contribution is 0.420. The molecular formula is C6H11. The molecule has 1 rings (SSSR count). The third-order valence-electron chi connectivity index (χ3n) is 1.56. The van der Waals surface area contributed by atoms with E-state index in [1.807, 2.05) is 0 Å². The lowest BCUT2D eigenvalue weighted by Gasteiger charge is -2.22. The molecule has 0 aliphatic heterocycles. The second-order valence-electron chi connectivity index (χ2n) is 1.98. The summed E-state index contributed by atoms with van der Waals surface area (Å²) in [5, 5.41) is 0. The predicted octanol–water partition coefficient (Wildman–Crippen LogP) is 2.01. The first-order valence-corrected chi connectivity index (χ1v) is 2.77. The quantitative estimate of drug-likeness (QED) is 0.455. The van der Waals surface area contributed by atoms with E-state index in [0.717, 1.165) is 5.92 Å². The Morgan fingerprint density at radius 3 is 2.50 bits per heavy atom. The number of hydrogen-bond acceptors (Lipinski definition) is 0. The second-order valence-corrected chi connectivity index (χ2v) is 1.98. The van der Waals surface area contributed by atoms with Crippen molar-refractivity contribution in [1.29, 1.82) is 0 Å². The molecule has 0 aromatic carbocycles. The van der Waals surface area contributed by atoms with Gasteiger partial charge in [0.25, 0.3) is 0 Å². The molecule has 0 saturated heterocycles. The molecule has 1 saturated carbocycles. The maximum Gasteiger partial charge on any atom is -0.0355 e. The molecule has 1 aliphatic carbocycles. The summed E-state index contributed by atoms with van der Waals surface area (Å²) in [6.45, 7) is 2.25. The van der Waals surface area contributed by atoms with Crippen LogP contribution in [0.15, 0.2) is 0 Å². The van der Waals surface area contributed by atoms with Crippen molar-refractivity contribution >= 4 is 0 Å². The van der Waals surface area contributed by atoms with Crippen molar-refractivity contribution in [2.45, 2.75) is 26.2 Å². The van der Waals surface area contributed by atoms with Gasteiger partial charge in [-0.3, -0.25) is 0 Å². The minimum Gasteiger partial charge on any atom is -0.0651 e. The van der Waals surface area contributed by atoms with Crippen LogP contribution in [0.4, 0.5) is 0 Å².